The van der Waals surface area contributed by atoms with E-state index in [-0.39, 0.29) is 30.9 Å². The summed E-state index contributed by atoms with van der Waals surface area (Å²) in [4.78, 5) is 0. The Bertz CT molecular complexity index is 252. The Morgan fingerprint density at radius 2 is 1.82 bits per heavy atom. The van der Waals surface area contributed by atoms with Crippen LogP contribution in [0.15, 0.2) is 0 Å². The van der Waals surface area contributed by atoms with E-state index in [9.17, 15) is 13.9 Å². The number of hydrogen-bond donors (Lipinski definition) is 2. The lowest BCUT2D eigenvalue weighted by atomic mass is 9.85. The molecule has 2 N–H and O–H groups in total. The molecule has 0 aromatic rings. The van der Waals surface area contributed by atoms with Gasteiger partial charge in [0.25, 0.3) is 0 Å². The van der Waals surface area contributed by atoms with Crippen molar-refractivity contribution in [3.05, 3.63) is 0 Å². The minimum Gasteiger partial charge on any atom is -0.394 e. The van der Waals surface area contributed by atoms with Crippen molar-refractivity contribution in [2.75, 3.05) is 13.2 Å². The molecule has 17 heavy (non-hydrogen) atoms. The summed E-state index contributed by atoms with van der Waals surface area (Å²) in [6, 6.07) is 0. The lowest BCUT2D eigenvalue weighted by molar-refractivity contribution is -0.0532. The highest BCUT2D eigenvalue weighted by molar-refractivity contribution is 4.93. The highest BCUT2D eigenvalue weighted by atomic mass is 19.3. The fourth-order valence-corrected chi connectivity index (χ4v) is 3.25. The van der Waals surface area contributed by atoms with Gasteiger partial charge in [0.1, 0.15) is 0 Å². The summed E-state index contributed by atoms with van der Waals surface area (Å²) in [6.45, 7) is 0.770. The Kier molecular flexibility index (Phi) is 4.03. The zero-order valence-electron chi connectivity index (χ0n) is 10.4. The van der Waals surface area contributed by atoms with Crippen molar-refractivity contribution in [2.24, 2.45) is 5.92 Å². The Hall–Kier alpha value is -0.220. The standard InChI is InChI=1S/C13H23F2NO/c14-13(15)7-3-4-11(8-13)9-16-12(10-17)5-1-2-6-12/h11,16-17H,1-10H2. The van der Waals surface area contributed by atoms with Crippen LogP contribution in [-0.4, -0.2) is 29.7 Å². The van der Waals surface area contributed by atoms with E-state index in [1.54, 1.807) is 0 Å². The lowest BCUT2D eigenvalue weighted by Crippen LogP contribution is -2.48. The van der Waals surface area contributed by atoms with E-state index in [0.29, 0.717) is 13.0 Å². The van der Waals surface area contributed by atoms with Crippen LogP contribution in [0, 0.1) is 5.92 Å². The first-order valence-electron chi connectivity index (χ1n) is 6.79. The molecule has 2 fully saturated rings. The van der Waals surface area contributed by atoms with E-state index >= 15 is 0 Å². The molecule has 1 unspecified atom stereocenters. The molecular formula is C13H23F2NO. The molecule has 0 spiro atoms. The molecule has 0 radical (unpaired) electrons. The van der Waals surface area contributed by atoms with Gasteiger partial charge in [-0.05, 0) is 38.1 Å². The van der Waals surface area contributed by atoms with Crippen LogP contribution in [0.3, 0.4) is 0 Å². The third-order valence-corrected chi connectivity index (χ3v) is 4.37. The summed E-state index contributed by atoms with van der Waals surface area (Å²) in [5.74, 6) is -2.39. The van der Waals surface area contributed by atoms with Crippen molar-refractivity contribution in [1.82, 2.24) is 5.32 Å². The third kappa shape index (κ3) is 3.38. The molecule has 0 aromatic heterocycles. The Balaban J connectivity index is 1.81. The number of aliphatic hydroxyl groups excluding tert-OH is 1. The summed E-state index contributed by atoms with van der Waals surface area (Å²) < 4.78 is 26.5. The van der Waals surface area contributed by atoms with E-state index < -0.39 is 5.92 Å². The van der Waals surface area contributed by atoms with Crippen LogP contribution in [0.25, 0.3) is 0 Å². The molecule has 0 aromatic carbocycles. The molecule has 0 heterocycles. The molecule has 2 rings (SSSR count). The molecule has 0 bridgehead atoms. The quantitative estimate of drug-likeness (QED) is 0.800. The topological polar surface area (TPSA) is 32.3 Å². The second-order valence-electron chi connectivity index (χ2n) is 5.84. The fraction of sp³-hybridized carbons (Fsp3) is 1.00. The Morgan fingerprint density at radius 3 is 2.41 bits per heavy atom. The SMILES string of the molecule is OCC1(NCC2CCCC(F)(F)C2)CCCC1. The van der Waals surface area contributed by atoms with Gasteiger partial charge >= 0.3 is 0 Å². The predicted octanol–water partition coefficient (Wildman–Crippen LogP) is 2.71. The predicted molar refractivity (Wildman–Crippen MR) is 63.2 cm³/mol. The highest BCUT2D eigenvalue weighted by Crippen LogP contribution is 2.37. The van der Waals surface area contributed by atoms with Crippen molar-refractivity contribution in [3.8, 4) is 0 Å². The van der Waals surface area contributed by atoms with E-state index in [2.05, 4.69) is 5.32 Å². The van der Waals surface area contributed by atoms with Crippen LogP contribution >= 0.6 is 0 Å². The van der Waals surface area contributed by atoms with E-state index in [1.165, 1.54) is 0 Å². The first-order chi connectivity index (χ1) is 8.05. The van der Waals surface area contributed by atoms with Gasteiger partial charge in [0.2, 0.25) is 5.92 Å². The maximum Gasteiger partial charge on any atom is 0.248 e. The van der Waals surface area contributed by atoms with Gasteiger partial charge in [0.15, 0.2) is 0 Å². The van der Waals surface area contributed by atoms with E-state index in [0.717, 1.165) is 32.1 Å². The highest BCUT2D eigenvalue weighted by Gasteiger charge is 2.38. The molecule has 0 amide bonds. The van der Waals surface area contributed by atoms with Gasteiger partial charge in [0.05, 0.1) is 6.61 Å². The smallest absolute Gasteiger partial charge is 0.248 e. The lowest BCUT2D eigenvalue weighted by Gasteiger charge is -2.34. The van der Waals surface area contributed by atoms with Crippen molar-refractivity contribution in [2.45, 2.75) is 62.8 Å². The van der Waals surface area contributed by atoms with Crippen molar-refractivity contribution >= 4 is 0 Å². The maximum atomic E-state index is 13.3. The van der Waals surface area contributed by atoms with Gasteiger partial charge in [-0.3, -0.25) is 0 Å². The van der Waals surface area contributed by atoms with Gasteiger partial charge < -0.3 is 10.4 Å². The minimum absolute atomic E-state index is 0.0154. The summed E-state index contributed by atoms with van der Waals surface area (Å²) in [5, 5.41) is 12.8. The van der Waals surface area contributed by atoms with Crippen LogP contribution in [0.2, 0.25) is 0 Å². The van der Waals surface area contributed by atoms with Crippen LogP contribution in [0.1, 0.15) is 51.4 Å². The summed E-state index contributed by atoms with van der Waals surface area (Å²) in [7, 11) is 0. The van der Waals surface area contributed by atoms with E-state index in [4.69, 9.17) is 0 Å². The molecule has 1 atom stereocenters. The largest absolute Gasteiger partial charge is 0.394 e. The molecule has 0 saturated heterocycles. The van der Waals surface area contributed by atoms with Crippen molar-refractivity contribution in [3.63, 3.8) is 0 Å². The molecule has 2 saturated carbocycles. The van der Waals surface area contributed by atoms with Crippen molar-refractivity contribution in [1.29, 1.82) is 0 Å². The second-order valence-corrected chi connectivity index (χ2v) is 5.84. The van der Waals surface area contributed by atoms with Crippen LogP contribution < -0.4 is 5.32 Å². The molecule has 0 aliphatic heterocycles. The second kappa shape index (κ2) is 5.19. The zero-order valence-corrected chi connectivity index (χ0v) is 10.4. The van der Waals surface area contributed by atoms with Crippen molar-refractivity contribution < 1.29 is 13.9 Å². The van der Waals surface area contributed by atoms with Crippen LogP contribution in [0.4, 0.5) is 8.78 Å². The fourth-order valence-electron chi connectivity index (χ4n) is 3.25. The Morgan fingerprint density at radius 1 is 1.12 bits per heavy atom. The summed E-state index contributed by atoms with van der Waals surface area (Å²) in [6.07, 6.45) is 5.81. The number of halogens is 2. The minimum atomic E-state index is -2.47. The first-order valence-corrected chi connectivity index (χ1v) is 6.79. The molecule has 2 aliphatic rings. The van der Waals surface area contributed by atoms with Gasteiger partial charge in [-0.1, -0.05) is 12.8 Å². The Labute approximate surface area is 102 Å². The number of alkyl halides is 2. The van der Waals surface area contributed by atoms with Crippen LogP contribution in [-0.2, 0) is 0 Å². The average molecular weight is 247 g/mol. The van der Waals surface area contributed by atoms with Gasteiger partial charge in [-0.15, -0.1) is 0 Å². The molecule has 100 valence electrons. The number of hydrogen-bond acceptors (Lipinski definition) is 2. The number of nitrogens with one attached hydrogen (secondary N) is 1. The van der Waals surface area contributed by atoms with Gasteiger partial charge in [-0.2, -0.15) is 0 Å². The normalized spacial score (nSPS) is 31.6. The van der Waals surface area contributed by atoms with Gasteiger partial charge in [0, 0.05) is 18.4 Å². The van der Waals surface area contributed by atoms with E-state index in [1.807, 2.05) is 0 Å². The average Bonchev–Trinajstić information content (AvgIpc) is 2.75. The third-order valence-electron chi connectivity index (χ3n) is 4.37. The number of rotatable bonds is 4. The molecule has 2 nitrogen and oxygen atoms in total. The molecule has 4 heteroatoms. The monoisotopic (exact) mass is 247 g/mol. The molecular weight excluding hydrogens is 224 g/mol. The zero-order chi connectivity index (χ0) is 12.4. The van der Waals surface area contributed by atoms with Crippen LogP contribution in [0.5, 0.6) is 0 Å². The molecule has 2 aliphatic carbocycles. The maximum absolute atomic E-state index is 13.3. The summed E-state index contributed by atoms with van der Waals surface area (Å²) in [5.41, 5.74) is -0.174. The first kappa shape index (κ1) is 13.2. The van der Waals surface area contributed by atoms with Gasteiger partial charge in [-0.25, -0.2) is 8.78 Å². The summed E-state index contributed by atoms with van der Waals surface area (Å²) >= 11 is 0. The number of aliphatic hydroxyl groups is 1.